The molecule has 0 bridgehead atoms. The number of nitro groups is 1. The Bertz CT molecular complexity index is 436. The van der Waals surface area contributed by atoms with E-state index in [-0.39, 0.29) is 16.5 Å². The van der Waals surface area contributed by atoms with E-state index in [0.717, 1.165) is 26.1 Å². The molecule has 18 heavy (non-hydrogen) atoms. The van der Waals surface area contributed by atoms with Crippen molar-refractivity contribution in [2.75, 3.05) is 25.1 Å². The third-order valence-corrected chi connectivity index (χ3v) is 3.14. The minimum absolute atomic E-state index is 0.0884. The molecule has 0 spiro atoms. The van der Waals surface area contributed by atoms with E-state index >= 15 is 0 Å². The molecule has 6 nitrogen and oxygen atoms in total. The van der Waals surface area contributed by atoms with Crippen molar-refractivity contribution in [1.29, 1.82) is 0 Å². The van der Waals surface area contributed by atoms with E-state index in [1.54, 1.807) is 0 Å². The van der Waals surface area contributed by atoms with Gasteiger partial charge in [-0.25, -0.2) is 4.98 Å². The Kier molecular flexibility index (Phi) is 4.33. The number of hydrogen-bond acceptors (Lipinski definition) is 5. The summed E-state index contributed by atoms with van der Waals surface area (Å²) in [7, 11) is 0. The summed E-state index contributed by atoms with van der Waals surface area (Å²) in [4.78, 5) is 14.4. The smallest absolute Gasteiger partial charge is 0.312 e. The molecule has 0 amide bonds. The average Bonchev–Trinajstić information content (AvgIpc) is 2.38. The third-order valence-electron chi connectivity index (χ3n) is 2.93. The second-order valence-corrected chi connectivity index (χ2v) is 4.65. The predicted molar refractivity (Wildman–Crippen MR) is 67.9 cm³/mol. The van der Waals surface area contributed by atoms with E-state index in [4.69, 9.17) is 16.3 Å². The number of nitrogens with one attached hydrogen (secondary N) is 1. The molecule has 1 saturated heterocycles. The van der Waals surface area contributed by atoms with Crippen LogP contribution in [0.15, 0.2) is 12.3 Å². The molecule has 1 fully saturated rings. The van der Waals surface area contributed by atoms with Gasteiger partial charge in [0.2, 0.25) is 5.82 Å². The monoisotopic (exact) mass is 271 g/mol. The molecule has 2 heterocycles. The zero-order chi connectivity index (χ0) is 13.0. The van der Waals surface area contributed by atoms with Gasteiger partial charge in [0, 0.05) is 32.0 Å². The zero-order valence-corrected chi connectivity index (χ0v) is 10.5. The molecule has 1 N–H and O–H groups in total. The first kappa shape index (κ1) is 13.0. The van der Waals surface area contributed by atoms with Crippen molar-refractivity contribution < 1.29 is 9.66 Å². The van der Waals surface area contributed by atoms with E-state index in [0.29, 0.717) is 12.5 Å². The molecule has 7 heteroatoms. The van der Waals surface area contributed by atoms with Crippen LogP contribution in [0.1, 0.15) is 12.8 Å². The van der Waals surface area contributed by atoms with Crippen LogP contribution >= 0.6 is 11.6 Å². The minimum atomic E-state index is -0.481. The highest BCUT2D eigenvalue weighted by atomic mass is 35.5. The first-order chi connectivity index (χ1) is 8.66. The summed E-state index contributed by atoms with van der Waals surface area (Å²) < 4.78 is 5.26. The summed E-state index contributed by atoms with van der Waals surface area (Å²) in [5.41, 5.74) is -0.0884. The number of anilines is 1. The second kappa shape index (κ2) is 5.97. The number of halogens is 1. The van der Waals surface area contributed by atoms with Crippen LogP contribution in [-0.2, 0) is 4.74 Å². The fourth-order valence-corrected chi connectivity index (χ4v) is 2.05. The van der Waals surface area contributed by atoms with Crippen LogP contribution in [0.3, 0.4) is 0 Å². The molecule has 98 valence electrons. The fourth-order valence-electron chi connectivity index (χ4n) is 1.90. The Labute approximate surface area is 109 Å². The SMILES string of the molecule is O=[N+]([O-])c1cc(Cl)cnc1NCC1CCOCC1. The van der Waals surface area contributed by atoms with Gasteiger partial charge in [0.15, 0.2) is 0 Å². The molecule has 0 aromatic carbocycles. The topological polar surface area (TPSA) is 77.3 Å². The van der Waals surface area contributed by atoms with Crippen LogP contribution in [0.2, 0.25) is 5.02 Å². The molecule has 2 rings (SSSR count). The number of nitrogens with zero attached hydrogens (tertiary/aromatic N) is 2. The van der Waals surface area contributed by atoms with Gasteiger partial charge in [0.1, 0.15) is 0 Å². The molecule has 1 aliphatic heterocycles. The largest absolute Gasteiger partial charge is 0.381 e. The fraction of sp³-hybridized carbons (Fsp3) is 0.545. The maximum absolute atomic E-state index is 10.9. The minimum Gasteiger partial charge on any atom is -0.381 e. The van der Waals surface area contributed by atoms with Gasteiger partial charge >= 0.3 is 5.69 Å². The standard InChI is InChI=1S/C11H14ClN3O3/c12-9-5-10(15(16)17)11(14-7-9)13-6-8-1-3-18-4-2-8/h5,7-8H,1-4,6H2,(H,13,14). The van der Waals surface area contributed by atoms with Crippen LogP contribution in [0.4, 0.5) is 11.5 Å². The van der Waals surface area contributed by atoms with Crippen molar-refractivity contribution >= 4 is 23.1 Å². The first-order valence-corrected chi connectivity index (χ1v) is 6.16. The normalized spacial score (nSPS) is 16.5. The molecule has 1 aromatic heterocycles. The van der Waals surface area contributed by atoms with Gasteiger partial charge < -0.3 is 10.1 Å². The van der Waals surface area contributed by atoms with E-state index < -0.39 is 4.92 Å². The summed E-state index contributed by atoms with van der Waals surface area (Å²) in [6.07, 6.45) is 3.34. The van der Waals surface area contributed by atoms with Crippen molar-refractivity contribution in [2.24, 2.45) is 5.92 Å². The molecular weight excluding hydrogens is 258 g/mol. The highest BCUT2D eigenvalue weighted by molar-refractivity contribution is 6.30. The van der Waals surface area contributed by atoms with Gasteiger partial charge in [-0.2, -0.15) is 0 Å². The summed E-state index contributed by atoms with van der Waals surface area (Å²) in [5.74, 6) is 0.742. The maximum atomic E-state index is 10.9. The van der Waals surface area contributed by atoms with Crippen LogP contribution in [0.25, 0.3) is 0 Å². The molecule has 1 aromatic rings. The van der Waals surface area contributed by atoms with E-state index in [9.17, 15) is 10.1 Å². The van der Waals surface area contributed by atoms with Gasteiger partial charge in [-0.15, -0.1) is 0 Å². The molecule has 0 saturated carbocycles. The molecular formula is C11H14ClN3O3. The Hall–Kier alpha value is -1.40. The van der Waals surface area contributed by atoms with Gasteiger partial charge in [-0.1, -0.05) is 11.6 Å². The number of rotatable bonds is 4. The van der Waals surface area contributed by atoms with Crippen molar-refractivity contribution in [3.05, 3.63) is 27.4 Å². The lowest BCUT2D eigenvalue weighted by molar-refractivity contribution is -0.384. The number of ether oxygens (including phenoxy) is 1. The van der Waals surface area contributed by atoms with Crippen LogP contribution < -0.4 is 5.32 Å². The van der Waals surface area contributed by atoms with Crippen molar-refractivity contribution in [2.45, 2.75) is 12.8 Å². The number of pyridine rings is 1. The Morgan fingerprint density at radius 2 is 2.28 bits per heavy atom. The van der Waals surface area contributed by atoms with E-state index in [1.807, 2.05) is 0 Å². The molecule has 0 atom stereocenters. The van der Waals surface area contributed by atoms with Crippen molar-refractivity contribution in [1.82, 2.24) is 4.98 Å². The lowest BCUT2D eigenvalue weighted by atomic mass is 10.0. The quantitative estimate of drug-likeness (QED) is 0.672. The van der Waals surface area contributed by atoms with Crippen molar-refractivity contribution in [3.63, 3.8) is 0 Å². The van der Waals surface area contributed by atoms with Crippen LogP contribution in [-0.4, -0.2) is 29.7 Å². The van der Waals surface area contributed by atoms with Gasteiger partial charge in [0.25, 0.3) is 0 Å². The Morgan fingerprint density at radius 1 is 1.56 bits per heavy atom. The third kappa shape index (κ3) is 3.30. The van der Waals surface area contributed by atoms with Crippen LogP contribution in [0.5, 0.6) is 0 Å². The maximum Gasteiger partial charge on any atom is 0.312 e. The Balaban J connectivity index is 2.01. The second-order valence-electron chi connectivity index (χ2n) is 4.22. The average molecular weight is 272 g/mol. The summed E-state index contributed by atoms with van der Waals surface area (Å²) in [5, 5.41) is 14.2. The number of hydrogen-bond donors (Lipinski definition) is 1. The predicted octanol–water partition coefficient (Wildman–Crippen LogP) is 2.48. The van der Waals surface area contributed by atoms with Gasteiger partial charge in [0.05, 0.1) is 9.95 Å². The molecule has 0 radical (unpaired) electrons. The van der Waals surface area contributed by atoms with Gasteiger partial charge in [-0.3, -0.25) is 10.1 Å². The summed E-state index contributed by atoms with van der Waals surface area (Å²) >= 11 is 5.70. The highest BCUT2D eigenvalue weighted by Gasteiger charge is 2.18. The molecule has 1 aliphatic rings. The molecule has 0 unspecified atom stereocenters. The Morgan fingerprint density at radius 3 is 2.94 bits per heavy atom. The lowest BCUT2D eigenvalue weighted by Crippen LogP contribution is -2.23. The number of aromatic nitrogens is 1. The van der Waals surface area contributed by atoms with Crippen LogP contribution in [0, 0.1) is 16.0 Å². The van der Waals surface area contributed by atoms with Crippen molar-refractivity contribution in [3.8, 4) is 0 Å². The summed E-state index contributed by atoms with van der Waals surface area (Å²) in [6.45, 7) is 2.17. The van der Waals surface area contributed by atoms with E-state index in [2.05, 4.69) is 10.3 Å². The molecule has 0 aliphatic carbocycles. The van der Waals surface area contributed by atoms with Gasteiger partial charge in [-0.05, 0) is 18.8 Å². The van der Waals surface area contributed by atoms with E-state index in [1.165, 1.54) is 12.3 Å². The summed E-state index contributed by atoms with van der Waals surface area (Å²) in [6, 6.07) is 1.31. The zero-order valence-electron chi connectivity index (χ0n) is 9.76. The highest BCUT2D eigenvalue weighted by Crippen LogP contribution is 2.25. The lowest BCUT2D eigenvalue weighted by Gasteiger charge is -2.22. The first-order valence-electron chi connectivity index (χ1n) is 5.78.